The smallest absolute Gasteiger partial charge is 0.328 e. The molecule has 1 rings (SSSR count). The van der Waals surface area contributed by atoms with E-state index in [2.05, 4.69) is 0 Å². The largest absolute Gasteiger partial charge is 0.478 e. The van der Waals surface area contributed by atoms with Crippen LogP contribution in [0.2, 0.25) is 0 Å². The van der Waals surface area contributed by atoms with E-state index in [1.54, 1.807) is 23.1 Å². The average molecular weight is 214 g/mol. The Morgan fingerprint density at radius 3 is 3.08 bits per heavy atom. The molecular formula is C9H10O2S2. The monoisotopic (exact) mass is 214 g/mol. The molecule has 0 radical (unpaired) electrons. The second-order valence-electron chi connectivity index (χ2n) is 2.55. The summed E-state index contributed by atoms with van der Waals surface area (Å²) < 4.78 is 1.22. The molecule has 2 nitrogen and oxygen atoms in total. The van der Waals surface area contributed by atoms with E-state index in [0.29, 0.717) is 0 Å². The highest BCUT2D eigenvalue weighted by Crippen LogP contribution is 2.24. The van der Waals surface area contributed by atoms with E-state index in [1.807, 2.05) is 24.4 Å². The summed E-state index contributed by atoms with van der Waals surface area (Å²) in [5.41, 5.74) is 0.880. The summed E-state index contributed by atoms with van der Waals surface area (Å²) >= 11 is 3.34. The molecule has 0 fully saturated rings. The number of carboxylic acids is 1. The Labute approximate surface area is 85.3 Å². The third kappa shape index (κ3) is 4.15. The minimum Gasteiger partial charge on any atom is -0.478 e. The Morgan fingerprint density at radius 1 is 1.77 bits per heavy atom. The zero-order valence-electron chi connectivity index (χ0n) is 7.19. The normalized spacial score (nSPS) is 11.6. The highest BCUT2D eigenvalue weighted by molar-refractivity contribution is 8.01. The Balaban J connectivity index is 2.39. The molecule has 1 N–H and O–H groups in total. The van der Waals surface area contributed by atoms with Gasteiger partial charge in [0, 0.05) is 11.8 Å². The Bertz CT molecular complexity index is 301. The maximum absolute atomic E-state index is 10.3. The highest BCUT2D eigenvalue weighted by atomic mass is 32.2. The van der Waals surface area contributed by atoms with Gasteiger partial charge in [-0.1, -0.05) is 11.6 Å². The summed E-state index contributed by atoms with van der Waals surface area (Å²) in [5, 5.41) is 10.5. The predicted octanol–water partition coefficient (Wildman–Crippen LogP) is 2.87. The van der Waals surface area contributed by atoms with Crippen molar-refractivity contribution in [1.29, 1.82) is 0 Å². The summed E-state index contributed by atoms with van der Waals surface area (Å²) in [6, 6.07) is 4.02. The van der Waals surface area contributed by atoms with Crippen LogP contribution in [-0.2, 0) is 4.79 Å². The molecule has 70 valence electrons. The summed E-state index contributed by atoms with van der Waals surface area (Å²) in [6.45, 7) is 1.83. The summed E-state index contributed by atoms with van der Waals surface area (Å²) in [5.74, 6) is -0.128. The molecule has 1 aromatic heterocycles. The number of carbonyl (C=O) groups is 1. The van der Waals surface area contributed by atoms with Crippen LogP contribution >= 0.6 is 23.1 Å². The van der Waals surface area contributed by atoms with E-state index in [1.165, 1.54) is 10.3 Å². The van der Waals surface area contributed by atoms with Crippen molar-refractivity contribution in [3.63, 3.8) is 0 Å². The molecule has 0 aliphatic carbocycles. The van der Waals surface area contributed by atoms with Crippen molar-refractivity contribution < 1.29 is 9.90 Å². The molecule has 0 amide bonds. The molecule has 0 aromatic carbocycles. The number of hydrogen-bond acceptors (Lipinski definition) is 3. The molecule has 4 heteroatoms. The van der Waals surface area contributed by atoms with Gasteiger partial charge in [0.05, 0.1) is 4.21 Å². The molecule has 0 atom stereocenters. The third-order valence-corrected chi connectivity index (χ3v) is 3.63. The number of hydrogen-bond donors (Lipinski definition) is 1. The van der Waals surface area contributed by atoms with Crippen molar-refractivity contribution >= 4 is 29.1 Å². The average Bonchev–Trinajstić information content (AvgIpc) is 2.51. The standard InChI is InChI=1S/C9H10O2S2/c1-7(5-8(10)11)6-13-9-3-2-4-12-9/h2-5H,6H2,1H3,(H,10,11). The maximum Gasteiger partial charge on any atom is 0.328 e. The first-order chi connectivity index (χ1) is 6.18. The lowest BCUT2D eigenvalue weighted by Crippen LogP contribution is -1.91. The minimum atomic E-state index is -0.871. The first-order valence-corrected chi connectivity index (χ1v) is 5.61. The number of rotatable bonds is 4. The molecule has 0 aliphatic rings. The number of thiophene rings is 1. The van der Waals surface area contributed by atoms with Crippen LogP contribution in [0.1, 0.15) is 6.92 Å². The Morgan fingerprint density at radius 2 is 2.54 bits per heavy atom. The molecule has 0 saturated heterocycles. The van der Waals surface area contributed by atoms with Crippen molar-refractivity contribution in [2.45, 2.75) is 11.1 Å². The SMILES string of the molecule is CC(=CC(=O)O)CSc1cccs1. The summed E-state index contributed by atoms with van der Waals surface area (Å²) in [7, 11) is 0. The number of carboxylic acid groups (broad SMARTS) is 1. The van der Waals surface area contributed by atoms with Crippen LogP contribution in [0.4, 0.5) is 0 Å². The van der Waals surface area contributed by atoms with Crippen LogP contribution < -0.4 is 0 Å². The Kier molecular flexibility index (Phi) is 4.05. The van der Waals surface area contributed by atoms with E-state index >= 15 is 0 Å². The van der Waals surface area contributed by atoms with Crippen LogP contribution in [0.3, 0.4) is 0 Å². The molecule has 0 aliphatic heterocycles. The van der Waals surface area contributed by atoms with Crippen molar-refractivity contribution in [2.75, 3.05) is 5.75 Å². The van der Waals surface area contributed by atoms with Gasteiger partial charge in [-0.3, -0.25) is 0 Å². The van der Waals surface area contributed by atoms with Crippen molar-refractivity contribution in [1.82, 2.24) is 0 Å². The van der Waals surface area contributed by atoms with Gasteiger partial charge in [0.2, 0.25) is 0 Å². The van der Waals surface area contributed by atoms with Gasteiger partial charge in [-0.05, 0) is 18.4 Å². The van der Waals surface area contributed by atoms with Crippen LogP contribution in [0, 0.1) is 0 Å². The topological polar surface area (TPSA) is 37.3 Å². The fourth-order valence-corrected chi connectivity index (χ4v) is 2.48. The van der Waals surface area contributed by atoms with Crippen molar-refractivity contribution in [2.24, 2.45) is 0 Å². The number of aliphatic carboxylic acids is 1. The van der Waals surface area contributed by atoms with Crippen LogP contribution in [0.5, 0.6) is 0 Å². The lowest BCUT2D eigenvalue weighted by molar-refractivity contribution is -0.131. The maximum atomic E-state index is 10.3. The van der Waals surface area contributed by atoms with Gasteiger partial charge in [-0.15, -0.1) is 23.1 Å². The number of thioether (sulfide) groups is 1. The van der Waals surface area contributed by atoms with Gasteiger partial charge in [0.15, 0.2) is 0 Å². The van der Waals surface area contributed by atoms with Gasteiger partial charge in [-0.25, -0.2) is 4.79 Å². The lowest BCUT2D eigenvalue weighted by Gasteiger charge is -1.96. The van der Waals surface area contributed by atoms with E-state index in [0.717, 1.165) is 11.3 Å². The van der Waals surface area contributed by atoms with E-state index in [9.17, 15) is 4.79 Å². The van der Waals surface area contributed by atoms with Crippen LogP contribution in [0.25, 0.3) is 0 Å². The molecule has 1 heterocycles. The highest BCUT2D eigenvalue weighted by Gasteiger charge is 1.97. The van der Waals surface area contributed by atoms with Gasteiger partial charge in [-0.2, -0.15) is 0 Å². The van der Waals surface area contributed by atoms with Gasteiger partial charge >= 0.3 is 5.97 Å². The molecule has 13 heavy (non-hydrogen) atoms. The van der Waals surface area contributed by atoms with Gasteiger partial charge in [0.1, 0.15) is 0 Å². The lowest BCUT2D eigenvalue weighted by atomic mass is 10.3. The fraction of sp³-hybridized carbons (Fsp3) is 0.222. The second-order valence-corrected chi connectivity index (χ2v) is 4.77. The predicted molar refractivity (Wildman–Crippen MR) is 56.4 cm³/mol. The molecule has 0 saturated carbocycles. The van der Waals surface area contributed by atoms with Crippen molar-refractivity contribution in [3.05, 3.63) is 29.2 Å². The van der Waals surface area contributed by atoms with Crippen molar-refractivity contribution in [3.8, 4) is 0 Å². The molecule has 1 aromatic rings. The van der Waals surface area contributed by atoms with Crippen LogP contribution in [-0.4, -0.2) is 16.8 Å². The third-order valence-electron chi connectivity index (χ3n) is 1.31. The summed E-state index contributed by atoms with van der Waals surface area (Å²) in [4.78, 5) is 10.3. The Hall–Kier alpha value is -0.740. The summed E-state index contributed by atoms with van der Waals surface area (Å²) in [6.07, 6.45) is 1.25. The molecular weight excluding hydrogens is 204 g/mol. The van der Waals surface area contributed by atoms with E-state index in [-0.39, 0.29) is 0 Å². The quantitative estimate of drug-likeness (QED) is 0.618. The van der Waals surface area contributed by atoms with Gasteiger partial charge in [0.25, 0.3) is 0 Å². The van der Waals surface area contributed by atoms with Crippen LogP contribution in [0.15, 0.2) is 33.4 Å². The first kappa shape index (κ1) is 10.3. The molecule has 0 bridgehead atoms. The van der Waals surface area contributed by atoms with Gasteiger partial charge < -0.3 is 5.11 Å². The second kappa shape index (κ2) is 5.09. The first-order valence-electron chi connectivity index (χ1n) is 3.75. The zero-order chi connectivity index (χ0) is 9.68. The molecule has 0 unspecified atom stereocenters. The van der Waals surface area contributed by atoms with E-state index < -0.39 is 5.97 Å². The minimum absolute atomic E-state index is 0.743. The molecule has 0 spiro atoms. The van der Waals surface area contributed by atoms with E-state index in [4.69, 9.17) is 5.11 Å². The fourth-order valence-electron chi connectivity index (χ4n) is 0.783. The zero-order valence-corrected chi connectivity index (χ0v) is 8.82.